The van der Waals surface area contributed by atoms with Crippen molar-refractivity contribution < 1.29 is 23.9 Å². The molecule has 0 fully saturated rings. The fraction of sp³-hybridized carbons (Fsp3) is 0.222. The number of nitrogens with zero attached hydrogens (tertiary/aromatic N) is 1. The Labute approximate surface area is 145 Å². The first-order valence-electron chi connectivity index (χ1n) is 7.34. The minimum Gasteiger partial charge on any atom is -0.493 e. The quantitative estimate of drug-likeness (QED) is 0.434. The number of benzene rings is 2. The van der Waals surface area contributed by atoms with Crippen LogP contribution in [-0.2, 0) is 0 Å². The van der Waals surface area contributed by atoms with Crippen molar-refractivity contribution >= 4 is 11.8 Å². The first kappa shape index (κ1) is 18.1. The molecule has 0 aromatic heterocycles. The lowest BCUT2D eigenvalue weighted by Crippen LogP contribution is -2.00. The number of nitro groups is 1. The first-order valence-corrected chi connectivity index (χ1v) is 7.34. The average molecular weight is 345 g/mol. The van der Waals surface area contributed by atoms with Crippen molar-refractivity contribution in [3.8, 4) is 23.0 Å². The van der Waals surface area contributed by atoms with Crippen LogP contribution in [0.4, 0.5) is 0 Å². The average Bonchev–Trinajstić information content (AvgIpc) is 2.64. The van der Waals surface area contributed by atoms with Gasteiger partial charge in [0, 0.05) is 6.08 Å². The standard InChI is InChI=1S/C18H19NO6/c1-22-15-7-5-12(10-17(15)24-3)9-14(19(20)21)13-6-8-16(23-2)18(11-13)25-4/h5-11H,1-4H3/b14-9-. The Morgan fingerprint density at radius 3 is 1.88 bits per heavy atom. The molecule has 0 aliphatic carbocycles. The summed E-state index contributed by atoms with van der Waals surface area (Å²) in [7, 11) is 6.02. The van der Waals surface area contributed by atoms with Crippen LogP contribution in [0.1, 0.15) is 11.1 Å². The molecule has 7 nitrogen and oxygen atoms in total. The van der Waals surface area contributed by atoms with Crippen LogP contribution in [0.15, 0.2) is 36.4 Å². The second-order valence-electron chi connectivity index (χ2n) is 4.97. The third kappa shape index (κ3) is 4.00. The van der Waals surface area contributed by atoms with Crippen molar-refractivity contribution in [1.82, 2.24) is 0 Å². The van der Waals surface area contributed by atoms with Gasteiger partial charge in [0.05, 0.1) is 38.9 Å². The van der Waals surface area contributed by atoms with Crippen LogP contribution in [0.5, 0.6) is 23.0 Å². The predicted octanol–water partition coefficient (Wildman–Crippen LogP) is 3.50. The van der Waals surface area contributed by atoms with Gasteiger partial charge < -0.3 is 18.9 Å². The Kier molecular flexibility index (Phi) is 5.84. The van der Waals surface area contributed by atoms with E-state index in [-0.39, 0.29) is 5.70 Å². The monoisotopic (exact) mass is 345 g/mol. The molecule has 2 aromatic rings. The van der Waals surface area contributed by atoms with Crippen molar-refractivity contribution in [1.29, 1.82) is 0 Å². The Bertz CT molecular complexity index is 800. The number of hydrogen-bond acceptors (Lipinski definition) is 6. The Morgan fingerprint density at radius 2 is 1.36 bits per heavy atom. The zero-order chi connectivity index (χ0) is 18.4. The van der Waals surface area contributed by atoms with E-state index in [0.717, 1.165) is 0 Å². The van der Waals surface area contributed by atoms with Crippen LogP contribution >= 0.6 is 0 Å². The Hall–Kier alpha value is -3.22. The SMILES string of the molecule is COc1ccc(/C=C(/c2ccc(OC)c(OC)c2)[N+](=O)[O-])cc1OC. The van der Waals surface area contributed by atoms with Gasteiger partial charge in [0.1, 0.15) is 0 Å². The van der Waals surface area contributed by atoms with Crippen LogP contribution in [0.3, 0.4) is 0 Å². The summed E-state index contributed by atoms with van der Waals surface area (Å²) in [5.74, 6) is 1.96. The van der Waals surface area contributed by atoms with Gasteiger partial charge in [-0.2, -0.15) is 0 Å². The maximum absolute atomic E-state index is 11.5. The van der Waals surface area contributed by atoms with Crippen LogP contribution in [0.2, 0.25) is 0 Å². The highest BCUT2D eigenvalue weighted by molar-refractivity contribution is 5.78. The van der Waals surface area contributed by atoms with E-state index in [4.69, 9.17) is 18.9 Å². The Balaban J connectivity index is 2.51. The fourth-order valence-corrected chi connectivity index (χ4v) is 2.34. The van der Waals surface area contributed by atoms with E-state index >= 15 is 0 Å². The zero-order valence-corrected chi connectivity index (χ0v) is 14.4. The number of rotatable bonds is 7. The summed E-state index contributed by atoms with van der Waals surface area (Å²) < 4.78 is 20.8. The third-order valence-electron chi connectivity index (χ3n) is 3.59. The fourth-order valence-electron chi connectivity index (χ4n) is 2.34. The summed E-state index contributed by atoms with van der Waals surface area (Å²) in [5, 5.41) is 11.5. The zero-order valence-electron chi connectivity index (χ0n) is 14.4. The van der Waals surface area contributed by atoms with Crippen molar-refractivity contribution in [2.75, 3.05) is 28.4 Å². The molecule has 0 saturated heterocycles. The van der Waals surface area contributed by atoms with Gasteiger partial charge in [-0.3, -0.25) is 10.1 Å². The van der Waals surface area contributed by atoms with E-state index in [1.54, 1.807) is 36.4 Å². The third-order valence-corrected chi connectivity index (χ3v) is 3.59. The topological polar surface area (TPSA) is 80.1 Å². The van der Waals surface area contributed by atoms with Gasteiger partial charge in [0.25, 0.3) is 5.70 Å². The molecule has 132 valence electrons. The van der Waals surface area contributed by atoms with Crippen molar-refractivity contribution in [3.63, 3.8) is 0 Å². The molecule has 0 amide bonds. The minimum absolute atomic E-state index is 0.0758. The van der Waals surface area contributed by atoms with Crippen LogP contribution in [-0.4, -0.2) is 33.4 Å². The van der Waals surface area contributed by atoms with Crippen LogP contribution in [0, 0.1) is 10.1 Å². The molecule has 2 aromatic carbocycles. The van der Waals surface area contributed by atoms with Gasteiger partial charge in [0.2, 0.25) is 0 Å². The molecule has 0 N–H and O–H groups in total. The van der Waals surface area contributed by atoms with Crippen molar-refractivity contribution in [2.45, 2.75) is 0 Å². The predicted molar refractivity (Wildman–Crippen MR) is 94.0 cm³/mol. The molecular formula is C18H19NO6. The van der Waals surface area contributed by atoms with Gasteiger partial charge >= 0.3 is 0 Å². The number of hydrogen-bond donors (Lipinski definition) is 0. The number of methoxy groups -OCH3 is 4. The molecule has 0 aliphatic heterocycles. The van der Waals surface area contributed by atoms with E-state index in [0.29, 0.717) is 34.1 Å². The second-order valence-corrected chi connectivity index (χ2v) is 4.97. The normalized spacial score (nSPS) is 11.0. The molecule has 0 saturated carbocycles. The van der Waals surface area contributed by atoms with Crippen molar-refractivity contribution in [2.24, 2.45) is 0 Å². The molecule has 0 spiro atoms. The van der Waals surface area contributed by atoms with Gasteiger partial charge in [-0.05, 0) is 35.9 Å². The molecule has 0 bridgehead atoms. The Morgan fingerprint density at radius 1 is 0.840 bits per heavy atom. The number of ether oxygens (including phenoxy) is 4. The van der Waals surface area contributed by atoms with E-state index < -0.39 is 4.92 Å². The second kappa shape index (κ2) is 8.05. The molecule has 0 heterocycles. The lowest BCUT2D eigenvalue weighted by Gasteiger charge is -2.09. The molecular weight excluding hydrogens is 326 g/mol. The molecule has 7 heteroatoms. The molecule has 0 atom stereocenters. The highest BCUT2D eigenvalue weighted by atomic mass is 16.6. The van der Waals surface area contributed by atoms with Gasteiger partial charge in [-0.15, -0.1) is 0 Å². The molecule has 0 unspecified atom stereocenters. The minimum atomic E-state index is -0.446. The van der Waals surface area contributed by atoms with Crippen LogP contribution in [0.25, 0.3) is 11.8 Å². The molecule has 0 radical (unpaired) electrons. The van der Waals surface area contributed by atoms with Crippen LogP contribution < -0.4 is 18.9 Å². The first-order chi connectivity index (χ1) is 12.0. The maximum Gasteiger partial charge on any atom is 0.277 e. The van der Waals surface area contributed by atoms with E-state index in [2.05, 4.69) is 0 Å². The summed E-state index contributed by atoms with van der Waals surface area (Å²) >= 11 is 0. The lowest BCUT2D eigenvalue weighted by molar-refractivity contribution is -0.374. The highest BCUT2D eigenvalue weighted by Crippen LogP contribution is 2.33. The molecule has 2 rings (SSSR count). The van der Waals surface area contributed by atoms with E-state index in [9.17, 15) is 10.1 Å². The van der Waals surface area contributed by atoms with Gasteiger partial charge in [-0.25, -0.2) is 0 Å². The summed E-state index contributed by atoms with van der Waals surface area (Å²) in [6.07, 6.45) is 1.46. The van der Waals surface area contributed by atoms with E-state index in [1.807, 2.05) is 0 Å². The summed E-state index contributed by atoms with van der Waals surface area (Å²) in [6.45, 7) is 0. The lowest BCUT2D eigenvalue weighted by atomic mass is 10.1. The van der Waals surface area contributed by atoms with Gasteiger partial charge in [-0.1, -0.05) is 6.07 Å². The van der Waals surface area contributed by atoms with E-state index in [1.165, 1.54) is 34.5 Å². The summed E-state index contributed by atoms with van der Waals surface area (Å²) in [4.78, 5) is 11.1. The summed E-state index contributed by atoms with van der Waals surface area (Å²) in [6, 6.07) is 9.87. The highest BCUT2D eigenvalue weighted by Gasteiger charge is 2.17. The summed E-state index contributed by atoms with van der Waals surface area (Å²) in [5.41, 5.74) is 0.935. The van der Waals surface area contributed by atoms with Gasteiger partial charge in [0.15, 0.2) is 23.0 Å². The maximum atomic E-state index is 11.5. The molecule has 25 heavy (non-hydrogen) atoms. The van der Waals surface area contributed by atoms with Crippen molar-refractivity contribution in [3.05, 3.63) is 57.6 Å². The molecule has 0 aliphatic rings. The largest absolute Gasteiger partial charge is 0.493 e. The smallest absolute Gasteiger partial charge is 0.277 e.